The minimum atomic E-state index is -2.54. The van der Waals surface area contributed by atoms with Gasteiger partial charge in [0.05, 0.1) is 0 Å². The number of unbranched alkanes of at least 4 members (excludes halogenated alkanes) is 5. The molecule has 5 heteroatoms. The van der Waals surface area contributed by atoms with Crippen LogP contribution in [0.1, 0.15) is 71.8 Å². The van der Waals surface area contributed by atoms with Gasteiger partial charge in [0.1, 0.15) is 6.54 Å². The molecular weight excluding hydrogens is 342 g/mol. The number of rotatable bonds is 16. The monoisotopic (exact) mass is 382 g/mol. The maximum absolute atomic E-state index is 5.94. The molecular formula is C21H40NO3Si+. The number of hydrogen-bond acceptors (Lipinski definition) is 3. The van der Waals surface area contributed by atoms with Crippen LogP contribution in [0, 0.1) is 0 Å². The van der Waals surface area contributed by atoms with Crippen LogP contribution in [0.2, 0.25) is 6.04 Å². The van der Waals surface area contributed by atoms with Crippen molar-refractivity contribution < 1.29 is 17.8 Å². The van der Waals surface area contributed by atoms with Gasteiger partial charge in [0.2, 0.25) is 0 Å². The van der Waals surface area contributed by atoms with Crippen molar-refractivity contribution in [3.8, 4) is 0 Å². The quantitative estimate of drug-likeness (QED) is 0.231. The first-order chi connectivity index (χ1) is 12.7. The Bertz CT molecular complexity index is 436. The van der Waals surface area contributed by atoms with Crippen LogP contribution in [-0.2, 0) is 26.2 Å². The molecule has 0 bridgehead atoms. The summed E-state index contributed by atoms with van der Waals surface area (Å²) in [5, 5.41) is 0. The second-order valence-corrected chi connectivity index (χ2v) is 9.43. The van der Waals surface area contributed by atoms with E-state index in [4.69, 9.17) is 13.3 Å². The maximum atomic E-state index is 5.94. The lowest BCUT2D eigenvalue weighted by molar-refractivity contribution is -0.697. The Morgan fingerprint density at radius 2 is 1.31 bits per heavy atom. The summed E-state index contributed by atoms with van der Waals surface area (Å²) in [5.41, 5.74) is 1.32. The van der Waals surface area contributed by atoms with Crippen molar-refractivity contribution in [1.29, 1.82) is 0 Å². The zero-order chi connectivity index (χ0) is 19.1. The first kappa shape index (κ1) is 23.3. The lowest BCUT2D eigenvalue weighted by Gasteiger charge is -2.28. The van der Waals surface area contributed by atoms with Crippen LogP contribution in [0.5, 0.6) is 0 Å². The Labute approximate surface area is 162 Å². The van der Waals surface area contributed by atoms with Crippen LogP contribution in [0.25, 0.3) is 0 Å². The lowest BCUT2D eigenvalue weighted by Crippen LogP contribution is -2.46. The molecule has 150 valence electrons. The van der Waals surface area contributed by atoms with Gasteiger partial charge in [0.15, 0.2) is 12.4 Å². The number of hydrogen-bond donors (Lipinski definition) is 0. The molecule has 0 unspecified atom stereocenters. The van der Waals surface area contributed by atoms with Gasteiger partial charge in [0, 0.05) is 44.4 Å². The van der Waals surface area contributed by atoms with E-state index in [-0.39, 0.29) is 0 Å². The van der Waals surface area contributed by atoms with Crippen molar-refractivity contribution in [3.63, 3.8) is 0 Å². The van der Waals surface area contributed by atoms with Crippen molar-refractivity contribution >= 4 is 8.80 Å². The molecule has 26 heavy (non-hydrogen) atoms. The van der Waals surface area contributed by atoms with Gasteiger partial charge in [0.25, 0.3) is 0 Å². The van der Waals surface area contributed by atoms with E-state index in [0.717, 1.165) is 19.0 Å². The Hall–Kier alpha value is -0.753. The van der Waals surface area contributed by atoms with Crippen molar-refractivity contribution in [2.75, 3.05) is 19.8 Å². The number of nitrogens with zero attached hydrogens (tertiary/aromatic N) is 1. The van der Waals surface area contributed by atoms with Gasteiger partial charge in [-0.05, 0) is 39.2 Å². The van der Waals surface area contributed by atoms with E-state index in [1.54, 1.807) is 0 Å². The molecule has 0 saturated carbocycles. The highest BCUT2D eigenvalue weighted by Gasteiger charge is 2.39. The fourth-order valence-electron chi connectivity index (χ4n) is 3.18. The Balaban J connectivity index is 2.44. The van der Waals surface area contributed by atoms with Gasteiger partial charge in [-0.2, -0.15) is 0 Å². The first-order valence-corrected chi connectivity index (χ1v) is 12.5. The highest BCUT2D eigenvalue weighted by molar-refractivity contribution is 6.60. The summed E-state index contributed by atoms with van der Waals surface area (Å²) >= 11 is 0. The third kappa shape index (κ3) is 9.26. The van der Waals surface area contributed by atoms with E-state index in [9.17, 15) is 0 Å². The Morgan fingerprint density at radius 3 is 1.85 bits per heavy atom. The van der Waals surface area contributed by atoms with E-state index < -0.39 is 8.80 Å². The molecule has 0 atom stereocenters. The summed E-state index contributed by atoms with van der Waals surface area (Å²) in [6.07, 6.45) is 13.4. The van der Waals surface area contributed by atoms with Crippen LogP contribution < -0.4 is 4.57 Å². The van der Waals surface area contributed by atoms with Crippen LogP contribution in [0.15, 0.2) is 24.5 Å². The van der Waals surface area contributed by atoms with Gasteiger partial charge < -0.3 is 13.3 Å². The summed E-state index contributed by atoms with van der Waals surface area (Å²) in [5.74, 6) is 0. The highest BCUT2D eigenvalue weighted by Crippen LogP contribution is 2.19. The molecule has 1 aromatic heterocycles. The largest absolute Gasteiger partial charge is 0.501 e. The predicted molar refractivity (Wildman–Crippen MR) is 109 cm³/mol. The molecule has 0 saturated heterocycles. The summed E-state index contributed by atoms with van der Waals surface area (Å²) in [7, 11) is -2.54. The standard InChI is InChI=1S/C21H40NO3Si/c1-5-9-10-11-12-13-17-22-18-14-21(15-19-22)16-20-26(23-6-2,24-7-3)25-8-4/h14-15,18-19H,5-13,16-17,20H2,1-4H3/q+1. The molecule has 0 aliphatic carbocycles. The van der Waals surface area contributed by atoms with Gasteiger partial charge >= 0.3 is 8.80 Å². The zero-order valence-corrected chi connectivity index (χ0v) is 18.5. The average Bonchev–Trinajstić information content (AvgIpc) is 2.64. The van der Waals surface area contributed by atoms with Gasteiger partial charge in [-0.3, -0.25) is 0 Å². The molecule has 1 rings (SSSR count). The van der Waals surface area contributed by atoms with E-state index in [1.807, 2.05) is 20.8 Å². The predicted octanol–water partition coefficient (Wildman–Crippen LogP) is 4.93. The molecule has 0 radical (unpaired) electrons. The van der Waals surface area contributed by atoms with Gasteiger partial charge in [-0.15, -0.1) is 0 Å². The Kier molecular flexibility index (Phi) is 12.8. The number of aromatic nitrogens is 1. The molecule has 0 fully saturated rings. The minimum absolute atomic E-state index is 0.638. The minimum Gasteiger partial charge on any atom is -0.374 e. The van der Waals surface area contributed by atoms with E-state index in [0.29, 0.717) is 19.8 Å². The van der Waals surface area contributed by atoms with Crippen LogP contribution in [-0.4, -0.2) is 28.6 Å². The SMILES string of the molecule is CCCCCCCC[n+]1ccc(CC[Si](OCC)(OCC)OCC)cc1. The third-order valence-electron chi connectivity index (χ3n) is 4.54. The summed E-state index contributed by atoms with van der Waals surface area (Å²) < 4.78 is 20.1. The van der Waals surface area contributed by atoms with Crippen LogP contribution in [0.3, 0.4) is 0 Å². The average molecular weight is 383 g/mol. The van der Waals surface area contributed by atoms with E-state index in [1.165, 1.54) is 44.1 Å². The number of aryl methyl sites for hydroxylation is 2. The molecule has 0 amide bonds. The molecule has 4 nitrogen and oxygen atoms in total. The van der Waals surface area contributed by atoms with Crippen molar-refractivity contribution in [2.45, 2.75) is 85.2 Å². The molecule has 0 aromatic carbocycles. The third-order valence-corrected chi connectivity index (χ3v) is 7.59. The number of pyridine rings is 1. The maximum Gasteiger partial charge on any atom is 0.501 e. The molecule has 0 N–H and O–H groups in total. The summed E-state index contributed by atoms with van der Waals surface area (Å²) in [4.78, 5) is 0. The van der Waals surface area contributed by atoms with Crippen molar-refractivity contribution in [1.82, 2.24) is 0 Å². The van der Waals surface area contributed by atoms with Gasteiger partial charge in [-0.25, -0.2) is 4.57 Å². The van der Waals surface area contributed by atoms with Crippen molar-refractivity contribution in [3.05, 3.63) is 30.1 Å². The fourth-order valence-corrected chi connectivity index (χ4v) is 5.77. The zero-order valence-electron chi connectivity index (χ0n) is 17.5. The van der Waals surface area contributed by atoms with Crippen molar-refractivity contribution in [2.24, 2.45) is 0 Å². The van der Waals surface area contributed by atoms with Crippen LogP contribution >= 0.6 is 0 Å². The van der Waals surface area contributed by atoms with E-state index >= 15 is 0 Å². The topological polar surface area (TPSA) is 31.6 Å². The summed E-state index contributed by atoms with van der Waals surface area (Å²) in [6.45, 7) is 11.3. The Morgan fingerprint density at radius 1 is 0.769 bits per heavy atom. The molecule has 1 heterocycles. The highest BCUT2D eigenvalue weighted by atomic mass is 28.4. The second-order valence-electron chi connectivity index (χ2n) is 6.69. The van der Waals surface area contributed by atoms with E-state index in [2.05, 4.69) is 36.0 Å². The molecule has 0 aliphatic heterocycles. The second kappa shape index (κ2) is 14.3. The van der Waals surface area contributed by atoms with Gasteiger partial charge in [-0.1, -0.05) is 32.6 Å². The molecule has 0 aliphatic rings. The summed E-state index contributed by atoms with van der Waals surface area (Å²) in [6, 6.07) is 5.28. The first-order valence-electron chi connectivity index (χ1n) is 10.6. The lowest BCUT2D eigenvalue weighted by atomic mass is 10.1. The normalized spacial score (nSPS) is 11.8. The molecule has 0 spiro atoms. The fraction of sp³-hybridized carbons (Fsp3) is 0.762. The molecule has 1 aromatic rings. The van der Waals surface area contributed by atoms with Crippen LogP contribution in [0.4, 0.5) is 0 Å². The smallest absolute Gasteiger partial charge is 0.374 e.